The van der Waals surface area contributed by atoms with Gasteiger partial charge in [0.05, 0.1) is 17.9 Å². The van der Waals surface area contributed by atoms with Gasteiger partial charge in [0.15, 0.2) is 10.0 Å². The lowest BCUT2D eigenvalue weighted by molar-refractivity contribution is 0.288. The third-order valence-electron chi connectivity index (χ3n) is 4.60. The molecule has 2 unspecified atom stereocenters. The molecule has 0 fully saturated rings. The fraction of sp³-hybridized carbons (Fsp3) is 0.429. The quantitative estimate of drug-likeness (QED) is 0.221. The smallest absolute Gasteiger partial charge is 0.154 e. The summed E-state index contributed by atoms with van der Waals surface area (Å²) in [5.74, 6) is 1.56. The summed E-state index contributed by atoms with van der Waals surface area (Å²) in [5, 5.41) is 1.58. The maximum absolute atomic E-state index is 6.05. The zero-order valence-corrected chi connectivity index (χ0v) is 29.3. The Kier molecular flexibility index (Phi) is 12.5. The molecule has 2 nitrogen and oxygen atoms in total. The Balaban J connectivity index is 2.38. The van der Waals surface area contributed by atoms with Crippen LogP contribution in [-0.2, 0) is 5.41 Å². The van der Waals surface area contributed by atoms with Crippen molar-refractivity contribution in [3.8, 4) is 11.5 Å². The second kappa shape index (κ2) is 13.3. The average Bonchev–Trinajstić information content (AvgIpc) is 2.67. The minimum atomic E-state index is -0.263. The third kappa shape index (κ3) is 7.94. The summed E-state index contributed by atoms with van der Waals surface area (Å²) < 4.78 is 15.7. The number of benzene rings is 2. The van der Waals surface area contributed by atoms with Crippen molar-refractivity contribution in [2.75, 3.05) is 10.7 Å². The van der Waals surface area contributed by atoms with Gasteiger partial charge < -0.3 is 9.47 Å². The van der Waals surface area contributed by atoms with Gasteiger partial charge in [-0.2, -0.15) is 0 Å². The van der Waals surface area contributed by atoms with Gasteiger partial charge in [0.25, 0.3) is 0 Å². The molecule has 2 atom stereocenters. The van der Waals surface area contributed by atoms with Crippen LogP contribution in [0.15, 0.2) is 42.2 Å². The molecular weight excluding hydrogens is 923 g/mol. The fourth-order valence-corrected chi connectivity index (χ4v) is 8.42. The molecule has 0 bridgehead atoms. The van der Waals surface area contributed by atoms with Crippen LogP contribution in [0.1, 0.15) is 37.8 Å². The third-order valence-corrected chi connectivity index (χ3v) is 9.16. The first kappa shape index (κ1) is 29.1. The van der Waals surface area contributed by atoms with Crippen molar-refractivity contribution in [2.24, 2.45) is 0 Å². The van der Waals surface area contributed by atoms with Gasteiger partial charge >= 0.3 is 0 Å². The van der Waals surface area contributed by atoms with E-state index in [1.165, 1.54) is 0 Å². The van der Waals surface area contributed by atoms with E-state index in [2.05, 4.69) is 166 Å². The van der Waals surface area contributed by atoms with Gasteiger partial charge in [-0.05, 0) is 131 Å². The van der Waals surface area contributed by atoms with Crippen LogP contribution < -0.4 is 9.47 Å². The molecule has 0 aliphatic carbocycles. The first-order valence-corrected chi connectivity index (χ1v) is 16.5. The largest absolute Gasteiger partial charge is 0.477 e. The normalized spacial score (nSPS) is 13.7. The SMILES string of the molecule is CC(C)(c1cc(Br)c(OC(Br)CCBr)c(Br)c1)c1cc(Br)c(OC(Br)CCBr)c(Br)c1. The lowest BCUT2D eigenvalue weighted by atomic mass is 9.78. The van der Waals surface area contributed by atoms with Gasteiger partial charge in [-0.25, -0.2) is 0 Å². The minimum absolute atomic E-state index is 0.0689. The van der Waals surface area contributed by atoms with Crippen molar-refractivity contribution in [1.82, 2.24) is 0 Å². The van der Waals surface area contributed by atoms with Crippen molar-refractivity contribution in [3.05, 3.63) is 53.3 Å². The summed E-state index contributed by atoms with van der Waals surface area (Å²) in [4.78, 5) is 0. The van der Waals surface area contributed by atoms with Crippen LogP contribution >= 0.6 is 127 Å². The van der Waals surface area contributed by atoms with E-state index in [1.54, 1.807) is 0 Å². The van der Waals surface area contributed by atoms with Gasteiger partial charge in [-0.3, -0.25) is 0 Å². The fourth-order valence-electron chi connectivity index (χ4n) is 2.78. The van der Waals surface area contributed by atoms with Gasteiger partial charge in [0.2, 0.25) is 0 Å². The summed E-state index contributed by atoms with van der Waals surface area (Å²) >= 11 is 28.8. The van der Waals surface area contributed by atoms with Crippen LogP contribution in [-0.4, -0.2) is 20.7 Å². The van der Waals surface area contributed by atoms with E-state index in [0.717, 1.165) is 64.0 Å². The molecule has 0 heterocycles. The first-order valence-electron chi connectivity index (χ1n) is 9.23. The summed E-state index contributed by atoms with van der Waals surface area (Å²) in [6.07, 6.45) is 1.71. The molecular formula is C21H20Br8O2. The Bertz CT molecular complexity index is 785. The lowest BCUT2D eigenvalue weighted by Crippen LogP contribution is -2.20. The van der Waals surface area contributed by atoms with Gasteiger partial charge in [-0.1, -0.05) is 45.7 Å². The number of hydrogen-bond donors (Lipinski definition) is 0. The highest BCUT2D eigenvalue weighted by Gasteiger charge is 2.28. The van der Waals surface area contributed by atoms with Gasteiger partial charge in [-0.15, -0.1) is 0 Å². The van der Waals surface area contributed by atoms with Crippen molar-refractivity contribution in [2.45, 2.75) is 42.1 Å². The van der Waals surface area contributed by atoms with Crippen LogP contribution in [0.4, 0.5) is 0 Å². The topological polar surface area (TPSA) is 18.5 Å². The van der Waals surface area contributed by atoms with E-state index in [0.29, 0.717) is 0 Å². The molecule has 0 radical (unpaired) electrons. The summed E-state index contributed by atoms with van der Waals surface area (Å²) in [7, 11) is 0. The molecule has 31 heavy (non-hydrogen) atoms. The second-order valence-electron chi connectivity index (χ2n) is 7.17. The van der Waals surface area contributed by atoms with Gasteiger partial charge in [0.1, 0.15) is 11.5 Å². The first-order chi connectivity index (χ1) is 14.5. The highest BCUT2D eigenvalue weighted by atomic mass is 79.9. The predicted molar refractivity (Wildman–Crippen MR) is 159 cm³/mol. The number of ether oxygens (including phenoxy) is 2. The second-order valence-corrected chi connectivity index (χ2v) is 14.2. The molecule has 0 spiro atoms. The Morgan fingerprint density at radius 2 is 0.968 bits per heavy atom. The van der Waals surface area contributed by atoms with Crippen LogP contribution in [0, 0.1) is 0 Å². The molecule has 2 rings (SSSR count). The average molecular weight is 944 g/mol. The Morgan fingerprint density at radius 3 is 1.23 bits per heavy atom. The molecule has 0 aliphatic heterocycles. The molecule has 2 aromatic carbocycles. The minimum Gasteiger partial charge on any atom is -0.477 e. The number of halogens is 8. The van der Waals surface area contributed by atoms with E-state index < -0.39 is 0 Å². The molecule has 2 aromatic rings. The number of alkyl halides is 4. The van der Waals surface area contributed by atoms with E-state index in [9.17, 15) is 0 Å². The van der Waals surface area contributed by atoms with Crippen molar-refractivity contribution < 1.29 is 9.47 Å². The molecule has 0 saturated heterocycles. The molecule has 0 saturated carbocycles. The standard InChI is InChI=1S/C21H20Br8O2/c1-21(2,11-7-13(24)19(14(25)8-11)30-17(28)3-5-22)12-9-15(26)20(16(27)10-12)31-18(29)4-6-23/h7-10,17-18H,3-6H2,1-2H3. The molecule has 0 aromatic heterocycles. The highest BCUT2D eigenvalue weighted by Crippen LogP contribution is 2.44. The molecule has 0 N–H and O–H groups in total. The molecule has 0 aliphatic rings. The molecule has 172 valence electrons. The Labute approximate surface area is 251 Å². The molecule has 0 amide bonds. The predicted octanol–water partition coefficient (Wildman–Crippen LogP) is 10.8. The molecule has 10 heteroatoms. The maximum atomic E-state index is 6.05. The lowest BCUT2D eigenvalue weighted by Gasteiger charge is -2.29. The van der Waals surface area contributed by atoms with Crippen LogP contribution in [0.2, 0.25) is 0 Å². The van der Waals surface area contributed by atoms with E-state index in [-0.39, 0.29) is 15.4 Å². The Hall–Kier alpha value is 1.88. The van der Waals surface area contributed by atoms with Crippen molar-refractivity contribution in [1.29, 1.82) is 0 Å². The van der Waals surface area contributed by atoms with Crippen molar-refractivity contribution in [3.63, 3.8) is 0 Å². The Morgan fingerprint density at radius 1 is 0.677 bits per heavy atom. The summed E-state index contributed by atoms with van der Waals surface area (Å²) in [6.45, 7) is 4.40. The summed E-state index contributed by atoms with van der Waals surface area (Å²) in [5.41, 5.74) is 2.03. The van der Waals surface area contributed by atoms with E-state index in [1.807, 2.05) is 0 Å². The van der Waals surface area contributed by atoms with Crippen molar-refractivity contribution >= 4 is 127 Å². The zero-order valence-electron chi connectivity index (χ0n) is 16.6. The van der Waals surface area contributed by atoms with E-state index in [4.69, 9.17) is 9.47 Å². The maximum Gasteiger partial charge on any atom is 0.154 e. The zero-order chi connectivity index (χ0) is 23.3. The number of hydrogen-bond acceptors (Lipinski definition) is 2. The van der Waals surface area contributed by atoms with Crippen LogP contribution in [0.25, 0.3) is 0 Å². The summed E-state index contributed by atoms with van der Waals surface area (Å²) in [6, 6.07) is 8.46. The monoisotopic (exact) mass is 935 g/mol. The van der Waals surface area contributed by atoms with E-state index >= 15 is 0 Å². The van der Waals surface area contributed by atoms with Crippen LogP contribution in [0.5, 0.6) is 11.5 Å². The van der Waals surface area contributed by atoms with Crippen LogP contribution in [0.3, 0.4) is 0 Å². The highest BCUT2D eigenvalue weighted by molar-refractivity contribution is 9.11. The number of rotatable bonds is 10. The van der Waals surface area contributed by atoms with Gasteiger partial charge in [0, 0.05) is 28.9 Å².